The lowest BCUT2D eigenvalue weighted by Crippen LogP contribution is -2.26. The number of fused-ring (bicyclic) bond motifs is 3. The summed E-state index contributed by atoms with van der Waals surface area (Å²) in [6, 6.07) is 20.7. The van der Waals surface area contributed by atoms with Crippen LogP contribution in [-0.2, 0) is 10.9 Å². The molecule has 0 atom stereocenters. The van der Waals surface area contributed by atoms with E-state index in [0.29, 0.717) is 0 Å². The molecule has 0 aromatic heterocycles. The van der Waals surface area contributed by atoms with E-state index in [0.717, 1.165) is 34.4 Å². The zero-order valence-electron chi connectivity index (χ0n) is 17.9. The maximum absolute atomic E-state index is 12.9. The van der Waals surface area contributed by atoms with Crippen LogP contribution in [-0.4, -0.2) is 19.2 Å². The molecule has 0 bridgehead atoms. The van der Waals surface area contributed by atoms with Crippen molar-refractivity contribution in [3.8, 4) is 29.0 Å². The molecule has 1 aliphatic carbocycles. The molecule has 1 aliphatic rings. The SMILES string of the molecule is N#Cc1cc(C#CCCNC(=O)OCC2c3ccccc3-c3ccccc32)cc(C(F)(F)F)c1. The maximum atomic E-state index is 12.9. The predicted octanol–water partition coefficient (Wildman–Crippen LogP) is 5.86. The Morgan fingerprint density at radius 1 is 0.971 bits per heavy atom. The Kier molecular flexibility index (Phi) is 6.56. The standard InChI is InChI=1S/C27H19F3N2O2/c28-27(29,30)20-14-18(13-19(15-20)16-31)7-5-6-12-32-26(33)34-17-25-23-10-3-1-8-21(23)22-9-2-4-11-24(22)25/h1-4,8-11,13-15,25H,6,12,17H2,(H,32,33). The van der Waals surface area contributed by atoms with Crippen molar-refractivity contribution in [1.29, 1.82) is 5.26 Å². The van der Waals surface area contributed by atoms with E-state index in [-0.39, 0.29) is 36.6 Å². The highest BCUT2D eigenvalue weighted by molar-refractivity contribution is 5.79. The van der Waals surface area contributed by atoms with Crippen LogP contribution in [0.4, 0.5) is 18.0 Å². The largest absolute Gasteiger partial charge is 0.449 e. The number of hydrogen-bond acceptors (Lipinski definition) is 3. The summed E-state index contributed by atoms with van der Waals surface area (Å²) in [5, 5.41) is 11.5. The Morgan fingerprint density at radius 3 is 2.21 bits per heavy atom. The van der Waals surface area contributed by atoms with Crippen molar-refractivity contribution in [1.82, 2.24) is 5.32 Å². The number of benzene rings is 3. The lowest BCUT2D eigenvalue weighted by Gasteiger charge is -2.14. The summed E-state index contributed by atoms with van der Waals surface area (Å²) in [5.74, 6) is 5.28. The number of alkyl halides is 3. The van der Waals surface area contributed by atoms with Crippen molar-refractivity contribution in [3.63, 3.8) is 0 Å². The summed E-state index contributed by atoms with van der Waals surface area (Å²) >= 11 is 0. The van der Waals surface area contributed by atoms with E-state index in [2.05, 4.69) is 29.3 Å². The minimum absolute atomic E-state index is 0.0480. The first-order chi connectivity index (χ1) is 16.4. The minimum Gasteiger partial charge on any atom is -0.449 e. The second-order valence-electron chi connectivity index (χ2n) is 7.71. The van der Waals surface area contributed by atoms with Gasteiger partial charge in [-0.25, -0.2) is 4.79 Å². The van der Waals surface area contributed by atoms with Crippen LogP contribution in [0.3, 0.4) is 0 Å². The zero-order chi connectivity index (χ0) is 24.1. The third-order valence-corrected chi connectivity index (χ3v) is 5.49. The molecule has 0 heterocycles. The first kappa shape index (κ1) is 22.9. The van der Waals surface area contributed by atoms with Crippen LogP contribution in [0.15, 0.2) is 66.7 Å². The fraction of sp³-hybridized carbons (Fsp3) is 0.185. The second kappa shape index (κ2) is 9.72. The Bertz CT molecular complexity index is 1280. The number of nitriles is 1. The molecule has 3 aromatic rings. The lowest BCUT2D eigenvalue weighted by atomic mass is 9.98. The van der Waals surface area contributed by atoms with Gasteiger partial charge in [0.25, 0.3) is 0 Å². The van der Waals surface area contributed by atoms with E-state index in [9.17, 15) is 18.0 Å². The van der Waals surface area contributed by atoms with Crippen LogP contribution in [0.25, 0.3) is 11.1 Å². The Balaban J connectivity index is 1.31. The Morgan fingerprint density at radius 2 is 1.59 bits per heavy atom. The van der Waals surface area contributed by atoms with Crippen molar-refractivity contribution in [2.45, 2.75) is 18.5 Å². The molecule has 0 unspecified atom stereocenters. The van der Waals surface area contributed by atoms with Crippen molar-refractivity contribution in [2.24, 2.45) is 0 Å². The summed E-state index contributed by atoms with van der Waals surface area (Å²) in [6.45, 7) is 0.362. The van der Waals surface area contributed by atoms with Crippen LogP contribution in [0.2, 0.25) is 0 Å². The molecular weight excluding hydrogens is 441 g/mol. The van der Waals surface area contributed by atoms with Gasteiger partial charge in [0.2, 0.25) is 0 Å². The molecule has 3 aromatic carbocycles. The Labute approximate surface area is 195 Å². The molecule has 0 saturated carbocycles. The quantitative estimate of drug-likeness (QED) is 0.392. The van der Waals surface area contributed by atoms with E-state index in [4.69, 9.17) is 10.00 Å². The van der Waals surface area contributed by atoms with Crippen molar-refractivity contribution >= 4 is 6.09 Å². The highest BCUT2D eigenvalue weighted by Gasteiger charge is 2.31. The molecule has 0 saturated heterocycles. The van der Waals surface area contributed by atoms with Gasteiger partial charge in [-0.1, -0.05) is 60.4 Å². The average Bonchev–Trinajstić information content (AvgIpc) is 3.15. The van der Waals surface area contributed by atoms with E-state index >= 15 is 0 Å². The fourth-order valence-electron chi connectivity index (χ4n) is 3.97. The van der Waals surface area contributed by atoms with Gasteiger partial charge in [-0.05, 0) is 40.5 Å². The summed E-state index contributed by atoms with van der Waals surface area (Å²) < 4.78 is 44.3. The van der Waals surface area contributed by atoms with E-state index in [1.54, 1.807) is 6.07 Å². The number of nitrogens with zero attached hydrogens (tertiary/aromatic N) is 1. The van der Waals surface area contributed by atoms with E-state index < -0.39 is 17.8 Å². The van der Waals surface area contributed by atoms with Crippen molar-refractivity contribution < 1.29 is 22.7 Å². The lowest BCUT2D eigenvalue weighted by molar-refractivity contribution is -0.137. The van der Waals surface area contributed by atoms with E-state index in [1.165, 1.54) is 6.07 Å². The topological polar surface area (TPSA) is 62.1 Å². The molecule has 0 radical (unpaired) electrons. The summed E-state index contributed by atoms with van der Waals surface area (Å²) in [5.41, 5.74) is 3.55. The van der Waals surface area contributed by atoms with Crippen LogP contribution < -0.4 is 5.32 Å². The molecule has 4 nitrogen and oxygen atoms in total. The minimum atomic E-state index is -4.56. The highest BCUT2D eigenvalue weighted by Crippen LogP contribution is 2.44. The van der Waals surface area contributed by atoms with Gasteiger partial charge in [0, 0.05) is 24.4 Å². The van der Waals surface area contributed by atoms with Gasteiger partial charge in [0.1, 0.15) is 6.61 Å². The molecule has 0 fully saturated rings. The fourth-order valence-corrected chi connectivity index (χ4v) is 3.97. The number of halogens is 3. The van der Waals surface area contributed by atoms with Gasteiger partial charge in [-0.15, -0.1) is 0 Å². The number of nitrogens with one attached hydrogen (secondary N) is 1. The molecule has 0 spiro atoms. The number of ether oxygens (including phenoxy) is 1. The monoisotopic (exact) mass is 460 g/mol. The van der Waals surface area contributed by atoms with Crippen LogP contribution >= 0.6 is 0 Å². The number of hydrogen-bond donors (Lipinski definition) is 1. The number of carbonyl (C=O) groups excluding carboxylic acids is 1. The van der Waals surface area contributed by atoms with Gasteiger partial charge in [-0.2, -0.15) is 18.4 Å². The normalized spacial score (nSPS) is 12.1. The van der Waals surface area contributed by atoms with Crippen molar-refractivity contribution in [2.75, 3.05) is 13.2 Å². The summed E-state index contributed by atoms with van der Waals surface area (Å²) in [6.07, 6.45) is -4.94. The van der Waals surface area contributed by atoms with Crippen LogP contribution in [0.1, 0.15) is 40.2 Å². The molecule has 34 heavy (non-hydrogen) atoms. The predicted molar refractivity (Wildman–Crippen MR) is 121 cm³/mol. The second-order valence-corrected chi connectivity index (χ2v) is 7.71. The van der Waals surface area contributed by atoms with Crippen LogP contribution in [0, 0.1) is 23.2 Å². The molecule has 7 heteroatoms. The third-order valence-electron chi connectivity index (χ3n) is 5.49. The number of rotatable bonds is 4. The van der Waals surface area contributed by atoms with Gasteiger partial charge >= 0.3 is 12.3 Å². The van der Waals surface area contributed by atoms with Gasteiger partial charge < -0.3 is 10.1 Å². The number of carbonyl (C=O) groups is 1. The molecule has 1 N–H and O–H groups in total. The smallest absolute Gasteiger partial charge is 0.416 e. The first-order valence-corrected chi connectivity index (χ1v) is 10.6. The van der Waals surface area contributed by atoms with Gasteiger partial charge in [-0.3, -0.25) is 0 Å². The average molecular weight is 460 g/mol. The zero-order valence-corrected chi connectivity index (χ0v) is 17.9. The summed E-state index contributed by atoms with van der Waals surface area (Å²) in [4.78, 5) is 12.2. The number of alkyl carbamates (subject to hydrolysis) is 1. The first-order valence-electron chi connectivity index (χ1n) is 10.6. The molecule has 4 rings (SSSR count). The maximum Gasteiger partial charge on any atom is 0.416 e. The molecule has 1 amide bonds. The third kappa shape index (κ3) is 5.05. The van der Waals surface area contributed by atoms with Gasteiger partial charge in [0.05, 0.1) is 17.2 Å². The molecular formula is C27H19F3N2O2. The van der Waals surface area contributed by atoms with Gasteiger partial charge in [0.15, 0.2) is 0 Å². The molecule has 0 aliphatic heterocycles. The highest BCUT2D eigenvalue weighted by atomic mass is 19.4. The summed E-state index contributed by atoms with van der Waals surface area (Å²) in [7, 11) is 0. The van der Waals surface area contributed by atoms with E-state index in [1.807, 2.05) is 36.4 Å². The van der Waals surface area contributed by atoms with Crippen LogP contribution in [0.5, 0.6) is 0 Å². The Hall–Kier alpha value is -4.23. The molecule has 170 valence electrons. The van der Waals surface area contributed by atoms with Crippen molar-refractivity contribution in [3.05, 3.63) is 94.5 Å². The number of amides is 1.